The molecule has 0 aliphatic carbocycles. The highest BCUT2D eigenvalue weighted by atomic mass is 32.1. The van der Waals surface area contributed by atoms with Crippen molar-refractivity contribution >= 4 is 32.6 Å². The summed E-state index contributed by atoms with van der Waals surface area (Å²) in [5.41, 5.74) is -4.45. The molecule has 1 heterocycles. The van der Waals surface area contributed by atoms with Gasteiger partial charge in [0.15, 0.2) is 10.9 Å². The molecule has 0 fully saturated rings. The molecule has 1 aromatic heterocycles. The van der Waals surface area contributed by atoms with Crippen LogP contribution in [-0.4, -0.2) is 43.0 Å². The molecule has 0 aliphatic heterocycles. The van der Waals surface area contributed by atoms with Gasteiger partial charge in [0, 0.05) is 24.7 Å². The maximum atomic E-state index is 14.1. The van der Waals surface area contributed by atoms with Gasteiger partial charge in [0.25, 0.3) is 5.91 Å². The average Bonchev–Trinajstić information content (AvgIpc) is 3.10. The predicted molar refractivity (Wildman–Crippen MR) is 106 cm³/mol. The molecule has 3 rings (SSSR count). The van der Waals surface area contributed by atoms with Gasteiger partial charge < -0.3 is 4.90 Å². The molecule has 0 atom stereocenters. The summed E-state index contributed by atoms with van der Waals surface area (Å²) < 4.78 is 107. The van der Waals surface area contributed by atoms with E-state index in [4.69, 9.17) is 0 Å². The molecule has 1 amide bonds. The van der Waals surface area contributed by atoms with Gasteiger partial charge in [0.2, 0.25) is 0 Å². The van der Waals surface area contributed by atoms with Crippen molar-refractivity contribution in [1.82, 2.24) is 9.88 Å². The third-order valence-electron chi connectivity index (χ3n) is 4.48. The molecular weight excluding hydrogens is 482 g/mol. The summed E-state index contributed by atoms with van der Waals surface area (Å²) in [5.74, 6) is -3.13. The molecule has 0 spiro atoms. The Balaban J connectivity index is 2.14. The Kier molecular flexibility index (Phi) is 6.67. The number of fused-ring (bicyclic) bond motifs is 1. The molecule has 0 bridgehead atoms. The highest BCUT2D eigenvalue weighted by Gasteiger charge is 2.38. The largest absolute Gasteiger partial charge is 0.416 e. The van der Waals surface area contributed by atoms with Crippen molar-refractivity contribution in [1.29, 1.82) is 0 Å². The second-order valence-corrected chi connectivity index (χ2v) is 8.29. The van der Waals surface area contributed by atoms with E-state index < -0.39 is 46.6 Å². The van der Waals surface area contributed by atoms with E-state index in [1.165, 1.54) is 0 Å². The highest BCUT2D eigenvalue weighted by molar-refractivity contribution is 7.22. The third kappa shape index (κ3) is 5.58. The number of carbonyl (C=O) groups is 1. The van der Waals surface area contributed by atoms with Crippen LogP contribution in [0.25, 0.3) is 10.2 Å². The summed E-state index contributed by atoms with van der Waals surface area (Å²) in [7, 11) is 3.25. The lowest BCUT2D eigenvalue weighted by Gasteiger charge is -2.23. The SMILES string of the molecule is CN(C)CCN(C(=O)c1cc(C(F)(F)F)cc(C(F)(F)F)c1)c1nc2c(F)cc(F)cc2s1. The summed E-state index contributed by atoms with van der Waals surface area (Å²) in [4.78, 5) is 19.5. The van der Waals surface area contributed by atoms with Crippen LogP contribution in [0.15, 0.2) is 30.3 Å². The van der Waals surface area contributed by atoms with E-state index in [0.717, 1.165) is 11.0 Å². The minimum absolute atomic E-state index is 0.0187. The minimum atomic E-state index is -5.14. The monoisotopic (exact) mass is 497 g/mol. The van der Waals surface area contributed by atoms with E-state index in [0.29, 0.717) is 29.5 Å². The smallest absolute Gasteiger partial charge is 0.308 e. The number of anilines is 1. The molecule has 0 radical (unpaired) electrons. The van der Waals surface area contributed by atoms with Gasteiger partial charge in [-0.2, -0.15) is 26.3 Å². The van der Waals surface area contributed by atoms with Crippen molar-refractivity contribution in [2.45, 2.75) is 12.4 Å². The number of nitrogens with zero attached hydrogens (tertiary/aromatic N) is 3. The lowest BCUT2D eigenvalue weighted by molar-refractivity contribution is -0.143. The topological polar surface area (TPSA) is 36.4 Å². The predicted octanol–water partition coefficient (Wildman–Crippen LogP) is 5.82. The van der Waals surface area contributed by atoms with E-state index >= 15 is 0 Å². The van der Waals surface area contributed by atoms with Crippen LogP contribution in [0, 0.1) is 11.6 Å². The zero-order valence-electron chi connectivity index (χ0n) is 17.0. The standard InChI is InChI=1S/C20H15F8N3OS/c1-30(2)3-4-31(18-29-16-14(22)8-13(21)9-15(16)33-18)17(32)10-5-11(19(23,24)25)7-12(6-10)20(26,27)28/h5-9H,3-4H2,1-2H3. The first-order valence-corrected chi connectivity index (χ1v) is 10.00. The van der Waals surface area contributed by atoms with Crippen molar-refractivity contribution in [2.75, 3.05) is 32.1 Å². The van der Waals surface area contributed by atoms with Crippen LogP contribution >= 0.6 is 11.3 Å². The van der Waals surface area contributed by atoms with Crippen LogP contribution < -0.4 is 4.90 Å². The van der Waals surface area contributed by atoms with Crippen molar-refractivity contribution in [3.05, 3.63) is 58.7 Å². The molecule has 0 aliphatic rings. The molecule has 13 heteroatoms. The number of likely N-dealkylation sites (N-methyl/N-ethyl adjacent to an activating group) is 1. The fourth-order valence-electron chi connectivity index (χ4n) is 2.88. The van der Waals surface area contributed by atoms with E-state index in [1.54, 1.807) is 19.0 Å². The number of hydrogen-bond donors (Lipinski definition) is 0. The van der Waals surface area contributed by atoms with Crippen molar-refractivity contribution in [3.63, 3.8) is 0 Å². The Hall–Kier alpha value is -2.80. The first kappa shape index (κ1) is 24.8. The van der Waals surface area contributed by atoms with Crippen molar-refractivity contribution in [3.8, 4) is 0 Å². The van der Waals surface area contributed by atoms with Crippen LogP contribution in [0.2, 0.25) is 0 Å². The molecule has 33 heavy (non-hydrogen) atoms. The Morgan fingerprint density at radius 2 is 1.48 bits per heavy atom. The molecule has 0 saturated carbocycles. The van der Waals surface area contributed by atoms with Gasteiger partial charge in [-0.1, -0.05) is 11.3 Å². The number of halogens is 8. The fraction of sp³-hybridized carbons (Fsp3) is 0.300. The lowest BCUT2D eigenvalue weighted by Crippen LogP contribution is -2.37. The van der Waals surface area contributed by atoms with Gasteiger partial charge in [-0.25, -0.2) is 13.8 Å². The van der Waals surface area contributed by atoms with Gasteiger partial charge in [-0.05, 0) is 38.4 Å². The third-order valence-corrected chi connectivity index (χ3v) is 5.51. The van der Waals surface area contributed by atoms with Gasteiger partial charge in [-0.3, -0.25) is 9.69 Å². The van der Waals surface area contributed by atoms with Crippen LogP contribution in [0.1, 0.15) is 21.5 Å². The molecule has 3 aromatic rings. The second kappa shape index (κ2) is 8.86. The number of aromatic nitrogens is 1. The molecule has 2 aromatic carbocycles. The first-order valence-electron chi connectivity index (χ1n) is 9.18. The molecule has 178 valence electrons. The Morgan fingerprint density at radius 3 is 2.00 bits per heavy atom. The van der Waals surface area contributed by atoms with Crippen LogP contribution in [-0.2, 0) is 12.4 Å². The molecule has 0 N–H and O–H groups in total. The highest BCUT2D eigenvalue weighted by Crippen LogP contribution is 2.37. The van der Waals surface area contributed by atoms with Crippen molar-refractivity contribution < 1.29 is 39.9 Å². The number of rotatable bonds is 5. The summed E-state index contributed by atoms with van der Waals surface area (Å²) >= 11 is 0.679. The zero-order valence-corrected chi connectivity index (χ0v) is 17.8. The Bertz CT molecular complexity index is 1150. The van der Waals surface area contributed by atoms with E-state index in [9.17, 15) is 39.9 Å². The summed E-state index contributed by atoms with van der Waals surface area (Å²) in [6.07, 6.45) is -10.3. The molecule has 4 nitrogen and oxygen atoms in total. The number of hydrogen-bond acceptors (Lipinski definition) is 4. The second-order valence-electron chi connectivity index (χ2n) is 7.29. The van der Waals surface area contributed by atoms with E-state index in [-0.39, 0.29) is 34.5 Å². The minimum Gasteiger partial charge on any atom is -0.308 e. The lowest BCUT2D eigenvalue weighted by atomic mass is 10.0. The first-order chi connectivity index (χ1) is 15.2. The number of amides is 1. The Labute approximate surface area is 186 Å². The number of thiazole rings is 1. The van der Waals surface area contributed by atoms with Gasteiger partial charge in [0.05, 0.1) is 15.8 Å². The van der Waals surface area contributed by atoms with Gasteiger partial charge in [-0.15, -0.1) is 0 Å². The van der Waals surface area contributed by atoms with Crippen molar-refractivity contribution in [2.24, 2.45) is 0 Å². The summed E-state index contributed by atoms with van der Waals surface area (Å²) in [6, 6.07) is 2.07. The molecule has 0 saturated heterocycles. The van der Waals surface area contributed by atoms with E-state index in [1.807, 2.05) is 0 Å². The summed E-state index contributed by atoms with van der Waals surface area (Å²) in [5, 5.41) is -0.202. The Morgan fingerprint density at radius 1 is 0.909 bits per heavy atom. The van der Waals surface area contributed by atoms with Gasteiger partial charge >= 0.3 is 12.4 Å². The fourth-order valence-corrected chi connectivity index (χ4v) is 3.91. The zero-order chi connectivity index (χ0) is 24.7. The van der Waals surface area contributed by atoms with Gasteiger partial charge in [0.1, 0.15) is 11.3 Å². The molecule has 0 unspecified atom stereocenters. The number of alkyl halides is 6. The maximum absolute atomic E-state index is 14.1. The van der Waals surface area contributed by atoms with Crippen LogP contribution in [0.5, 0.6) is 0 Å². The quantitative estimate of drug-likeness (QED) is 0.417. The normalized spacial score (nSPS) is 12.6. The number of carbonyl (C=O) groups excluding carboxylic acids is 1. The van der Waals surface area contributed by atoms with Crippen LogP contribution in [0.4, 0.5) is 40.3 Å². The maximum Gasteiger partial charge on any atom is 0.416 e. The average molecular weight is 497 g/mol. The molecular formula is C20H15F8N3OS. The summed E-state index contributed by atoms with van der Waals surface area (Å²) in [6.45, 7) is -0.0308. The number of benzene rings is 2. The van der Waals surface area contributed by atoms with E-state index in [2.05, 4.69) is 4.98 Å². The van der Waals surface area contributed by atoms with Crippen LogP contribution in [0.3, 0.4) is 0 Å².